The molecule has 0 aromatic rings. The average molecular weight is 213 g/mol. The van der Waals surface area contributed by atoms with E-state index in [1.165, 1.54) is 0 Å². The predicted octanol–water partition coefficient (Wildman–Crippen LogP) is 3.13. The van der Waals surface area contributed by atoms with Crippen molar-refractivity contribution in [2.75, 3.05) is 13.2 Å². The van der Waals surface area contributed by atoms with Gasteiger partial charge in [-0.05, 0) is 26.2 Å². The van der Waals surface area contributed by atoms with Gasteiger partial charge in [0.1, 0.15) is 6.23 Å². The highest BCUT2D eigenvalue weighted by Crippen LogP contribution is 2.35. The molecule has 0 N–H and O–H groups in total. The zero-order valence-corrected chi connectivity index (χ0v) is 11.4. The molecule has 0 bridgehead atoms. The van der Waals surface area contributed by atoms with Crippen molar-refractivity contribution in [2.45, 2.75) is 60.2 Å². The molecule has 1 heterocycles. The molecule has 2 atom stereocenters. The van der Waals surface area contributed by atoms with Gasteiger partial charge < -0.3 is 4.74 Å². The highest BCUT2D eigenvalue weighted by atomic mass is 16.5. The molecule has 2 unspecified atom stereocenters. The minimum absolute atomic E-state index is 0.209. The Kier molecular flexibility index (Phi) is 3.52. The van der Waals surface area contributed by atoms with Gasteiger partial charge >= 0.3 is 0 Å². The Balaban J connectivity index is 2.77. The Morgan fingerprint density at radius 3 is 2.07 bits per heavy atom. The van der Waals surface area contributed by atoms with Crippen LogP contribution in [0.1, 0.15) is 48.5 Å². The first-order chi connectivity index (χ1) is 6.64. The van der Waals surface area contributed by atoms with E-state index >= 15 is 0 Å². The molecule has 0 aliphatic carbocycles. The zero-order valence-electron chi connectivity index (χ0n) is 11.4. The summed E-state index contributed by atoms with van der Waals surface area (Å²) in [6.45, 7) is 17.9. The van der Waals surface area contributed by atoms with Gasteiger partial charge in [0.05, 0.1) is 6.61 Å². The summed E-state index contributed by atoms with van der Waals surface area (Å²) in [7, 11) is 0. The van der Waals surface area contributed by atoms with E-state index in [4.69, 9.17) is 4.74 Å². The maximum Gasteiger partial charge on any atom is 0.114 e. The Morgan fingerprint density at radius 2 is 1.67 bits per heavy atom. The minimum Gasteiger partial charge on any atom is -0.361 e. The fourth-order valence-electron chi connectivity index (χ4n) is 2.05. The molecular weight excluding hydrogens is 186 g/mol. The summed E-state index contributed by atoms with van der Waals surface area (Å²) in [4.78, 5) is 2.49. The molecule has 2 nitrogen and oxygen atoms in total. The Morgan fingerprint density at radius 1 is 1.13 bits per heavy atom. The molecule has 0 spiro atoms. The lowest BCUT2D eigenvalue weighted by Gasteiger charge is -2.42. The third-order valence-corrected chi connectivity index (χ3v) is 3.58. The van der Waals surface area contributed by atoms with Crippen LogP contribution in [0.5, 0.6) is 0 Å². The van der Waals surface area contributed by atoms with Crippen molar-refractivity contribution in [1.29, 1.82) is 0 Å². The fourth-order valence-corrected chi connectivity index (χ4v) is 2.05. The summed E-state index contributed by atoms with van der Waals surface area (Å²) in [5.74, 6) is 0.555. The van der Waals surface area contributed by atoms with Gasteiger partial charge in [0, 0.05) is 18.0 Å². The Labute approximate surface area is 95.0 Å². The van der Waals surface area contributed by atoms with Crippen LogP contribution < -0.4 is 0 Å². The quantitative estimate of drug-likeness (QED) is 0.663. The lowest BCUT2D eigenvalue weighted by Crippen LogP contribution is -2.49. The highest BCUT2D eigenvalue weighted by Gasteiger charge is 2.40. The molecule has 0 amide bonds. The number of hydrogen-bond donors (Lipinski definition) is 0. The third-order valence-electron chi connectivity index (χ3n) is 3.58. The van der Waals surface area contributed by atoms with E-state index < -0.39 is 0 Å². The van der Waals surface area contributed by atoms with Gasteiger partial charge in [-0.2, -0.15) is 0 Å². The summed E-state index contributed by atoms with van der Waals surface area (Å²) in [5, 5.41) is 0. The van der Waals surface area contributed by atoms with Crippen molar-refractivity contribution in [3.8, 4) is 0 Å². The molecule has 0 aromatic carbocycles. The van der Waals surface area contributed by atoms with E-state index in [0.717, 1.165) is 13.2 Å². The summed E-state index contributed by atoms with van der Waals surface area (Å²) in [5.41, 5.74) is 0.513. The monoisotopic (exact) mass is 213 g/mol. The molecule has 2 heteroatoms. The molecule has 0 saturated carbocycles. The van der Waals surface area contributed by atoms with Gasteiger partial charge in [0.15, 0.2) is 0 Å². The first-order valence-corrected chi connectivity index (χ1v) is 6.02. The first kappa shape index (κ1) is 13.0. The zero-order chi connectivity index (χ0) is 11.9. The molecule has 1 saturated heterocycles. The predicted molar refractivity (Wildman–Crippen MR) is 64.8 cm³/mol. The van der Waals surface area contributed by atoms with Crippen LogP contribution in [0.4, 0.5) is 0 Å². The van der Waals surface area contributed by atoms with E-state index in [9.17, 15) is 0 Å². The smallest absolute Gasteiger partial charge is 0.114 e. The van der Waals surface area contributed by atoms with Gasteiger partial charge in [-0.1, -0.05) is 27.7 Å². The Hall–Kier alpha value is -0.0800. The second kappa shape index (κ2) is 4.06. The second-order valence-electron chi connectivity index (χ2n) is 6.78. The molecule has 1 fully saturated rings. The number of nitrogens with zero attached hydrogens (tertiary/aromatic N) is 1. The molecule has 1 aliphatic rings. The summed E-state index contributed by atoms with van der Waals surface area (Å²) in [6.07, 6.45) is 0.282. The molecule has 1 aliphatic heterocycles. The van der Waals surface area contributed by atoms with E-state index in [1.54, 1.807) is 0 Å². The van der Waals surface area contributed by atoms with Crippen molar-refractivity contribution in [3.05, 3.63) is 0 Å². The topological polar surface area (TPSA) is 12.5 Å². The van der Waals surface area contributed by atoms with Crippen LogP contribution in [-0.4, -0.2) is 29.8 Å². The van der Waals surface area contributed by atoms with Crippen molar-refractivity contribution in [2.24, 2.45) is 11.3 Å². The molecule has 15 heavy (non-hydrogen) atoms. The molecular formula is C13H27NO. The standard InChI is InChI=1S/C13H27NO/c1-10(12(2,3)4)11-14(8-9-15-11)13(5,6)7/h10-11H,8-9H2,1-7H3. The Bertz CT molecular complexity index is 212. The van der Waals surface area contributed by atoms with Crippen molar-refractivity contribution in [1.82, 2.24) is 4.90 Å². The highest BCUT2D eigenvalue weighted by molar-refractivity contribution is 4.88. The molecule has 90 valence electrons. The van der Waals surface area contributed by atoms with Gasteiger partial charge in [-0.3, -0.25) is 4.90 Å². The first-order valence-electron chi connectivity index (χ1n) is 6.02. The van der Waals surface area contributed by atoms with Gasteiger partial charge in [0.2, 0.25) is 0 Å². The van der Waals surface area contributed by atoms with E-state index in [2.05, 4.69) is 53.4 Å². The van der Waals surface area contributed by atoms with Crippen LogP contribution in [-0.2, 0) is 4.74 Å². The molecule has 1 rings (SSSR count). The van der Waals surface area contributed by atoms with Crippen LogP contribution in [0.15, 0.2) is 0 Å². The largest absolute Gasteiger partial charge is 0.361 e. The SMILES string of the molecule is CC(C1OCCN1C(C)(C)C)C(C)(C)C. The summed E-state index contributed by atoms with van der Waals surface area (Å²) < 4.78 is 5.91. The lowest BCUT2D eigenvalue weighted by molar-refractivity contribution is -0.0728. The van der Waals surface area contributed by atoms with Crippen LogP contribution in [0, 0.1) is 11.3 Å². The number of ether oxygens (including phenoxy) is 1. The lowest BCUT2D eigenvalue weighted by atomic mass is 9.80. The van der Waals surface area contributed by atoms with Gasteiger partial charge in [-0.15, -0.1) is 0 Å². The normalized spacial score (nSPS) is 27.0. The molecule has 0 aromatic heterocycles. The van der Waals surface area contributed by atoms with Crippen LogP contribution >= 0.6 is 0 Å². The van der Waals surface area contributed by atoms with Crippen LogP contribution in [0.25, 0.3) is 0 Å². The van der Waals surface area contributed by atoms with Crippen LogP contribution in [0.3, 0.4) is 0 Å². The number of hydrogen-bond acceptors (Lipinski definition) is 2. The summed E-state index contributed by atoms with van der Waals surface area (Å²) >= 11 is 0. The minimum atomic E-state index is 0.209. The third kappa shape index (κ3) is 2.94. The van der Waals surface area contributed by atoms with Crippen LogP contribution in [0.2, 0.25) is 0 Å². The summed E-state index contributed by atoms with van der Waals surface area (Å²) in [6, 6.07) is 0. The van der Waals surface area contributed by atoms with Crippen molar-refractivity contribution < 1.29 is 4.74 Å². The van der Waals surface area contributed by atoms with E-state index in [0.29, 0.717) is 11.3 Å². The maximum absolute atomic E-state index is 5.91. The van der Waals surface area contributed by atoms with E-state index in [-0.39, 0.29) is 11.8 Å². The maximum atomic E-state index is 5.91. The average Bonchev–Trinajstić information content (AvgIpc) is 2.47. The molecule has 0 radical (unpaired) electrons. The van der Waals surface area contributed by atoms with Crippen molar-refractivity contribution in [3.63, 3.8) is 0 Å². The van der Waals surface area contributed by atoms with Crippen molar-refractivity contribution >= 4 is 0 Å². The number of rotatable bonds is 1. The fraction of sp³-hybridized carbons (Fsp3) is 1.00. The van der Waals surface area contributed by atoms with E-state index in [1.807, 2.05) is 0 Å². The second-order valence-corrected chi connectivity index (χ2v) is 6.78. The van der Waals surface area contributed by atoms with Gasteiger partial charge in [0.25, 0.3) is 0 Å². The van der Waals surface area contributed by atoms with Gasteiger partial charge in [-0.25, -0.2) is 0 Å².